The summed E-state index contributed by atoms with van der Waals surface area (Å²) in [5.41, 5.74) is 0. The van der Waals surface area contributed by atoms with Gasteiger partial charge in [0, 0.05) is 7.11 Å². The predicted octanol–water partition coefficient (Wildman–Crippen LogP) is 1.10. The van der Waals surface area contributed by atoms with Crippen LogP contribution in [0.2, 0.25) is 0 Å². The third-order valence-corrected chi connectivity index (χ3v) is 0.535. The van der Waals surface area contributed by atoms with Crippen molar-refractivity contribution in [2.24, 2.45) is 0 Å². The van der Waals surface area contributed by atoms with E-state index in [0.717, 1.165) is 0 Å². The average Bonchev–Trinajstić information content (AvgIpc) is 1.38. The van der Waals surface area contributed by atoms with Gasteiger partial charge < -0.3 is 4.65 Å². The Morgan fingerprint density at radius 1 is 1.60 bits per heavy atom. The Morgan fingerprint density at radius 3 is 1.80 bits per heavy atom. The Kier molecular flexibility index (Phi) is 3.16. The topological polar surface area (TPSA) is 9.23 Å². The second-order valence-corrected chi connectivity index (χ2v) is 1.51. The van der Waals surface area contributed by atoms with Crippen molar-refractivity contribution < 1.29 is 4.65 Å². The second kappa shape index (κ2) is 2.82. The lowest BCUT2D eigenvalue weighted by Crippen LogP contribution is -1.93. The first-order valence-electron chi connectivity index (χ1n) is 1.08. The fourth-order valence-corrected chi connectivity index (χ4v) is 0. The van der Waals surface area contributed by atoms with Crippen molar-refractivity contribution in [1.29, 1.82) is 0 Å². The molecule has 0 rings (SSSR count). The third-order valence-electron chi connectivity index (χ3n) is 0.178. The van der Waals surface area contributed by atoms with Crippen LogP contribution in [0.15, 0.2) is 0 Å². The number of rotatable bonds is 1. The highest BCUT2D eigenvalue weighted by Gasteiger charge is 1.98. The van der Waals surface area contributed by atoms with E-state index in [-0.39, 0.29) is 0 Å². The molecule has 0 aromatic heterocycles. The molecule has 0 heterocycles. The summed E-state index contributed by atoms with van der Waals surface area (Å²) < 4.78 is 4.28. The summed E-state index contributed by atoms with van der Waals surface area (Å²) in [7, 11) is 1.44. The van der Waals surface area contributed by atoms with Gasteiger partial charge in [-0.15, -0.1) is 22.9 Å². The first-order chi connectivity index (χ1) is 2.27. The van der Waals surface area contributed by atoms with E-state index in [4.69, 9.17) is 22.9 Å². The highest BCUT2D eigenvalue weighted by molar-refractivity contribution is 7.30. The largest absolute Gasteiger partial charge is 0.508 e. The van der Waals surface area contributed by atoms with Gasteiger partial charge in [0.1, 0.15) is 0 Å². The molecule has 30 valence electrons. The Labute approximate surface area is 41.1 Å². The van der Waals surface area contributed by atoms with Crippen molar-refractivity contribution in [2.45, 2.75) is 0 Å². The lowest BCUT2D eigenvalue weighted by Gasteiger charge is -1.82. The fourth-order valence-electron chi connectivity index (χ4n) is 0. The zero-order valence-corrected chi connectivity index (χ0v) is 4.25. The summed E-state index contributed by atoms with van der Waals surface area (Å²) in [6, 6.07) is 0. The molecule has 0 N–H and O–H groups in total. The molecule has 0 radical (unpaired) electrons. The Balaban J connectivity index is 2.54. The van der Waals surface area contributed by atoms with Crippen molar-refractivity contribution in [3.63, 3.8) is 0 Å². The van der Waals surface area contributed by atoms with Gasteiger partial charge >= 0.3 is 5.75 Å². The molecule has 0 saturated carbocycles. The molecule has 0 spiro atoms. The SMILES string of the molecule is COB(Cl)Cl. The molecule has 4 heteroatoms. The molecule has 0 amide bonds. The molecule has 0 aromatic rings. The van der Waals surface area contributed by atoms with Crippen molar-refractivity contribution in [2.75, 3.05) is 7.11 Å². The summed E-state index contributed by atoms with van der Waals surface area (Å²) in [4.78, 5) is 0. The van der Waals surface area contributed by atoms with Crippen LogP contribution in [-0.4, -0.2) is 12.9 Å². The summed E-state index contributed by atoms with van der Waals surface area (Å²) in [6.45, 7) is 0. The van der Waals surface area contributed by atoms with Crippen LogP contribution >= 0.6 is 22.9 Å². The molecular weight excluding hydrogens is 110 g/mol. The van der Waals surface area contributed by atoms with E-state index in [9.17, 15) is 0 Å². The monoisotopic (exact) mass is 112 g/mol. The van der Waals surface area contributed by atoms with Crippen LogP contribution in [0.4, 0.5) is 0 Å². The minimum atomic E-state index is -0.671. The van der Waals surface area contributed by atoms with E-state index in [2.05, 4.69) is 4.65 Å². The summed E-state index contributed by atoms with van der Waals surface area (Å²) in [5, 5.41) is 0. The molecule has 5 heavy (non-hydrogen) atoms. The van der Waals surface area contributed by atoms with Crippen molar-refractivity contribution in [3.05, 3.63) is 0 Å². The van der Waals surface area contributed by atoms with Gasteiger partial charge in [-0.05, 0) is 0 Å². The maximum atomic E-state index is 5.01. The van der Waals surface area contributed by atoms with Crippen LogP contribution in [0.5, 0.6) is 0 Å². The van der Waals surface area contributed by atoms with Crippen molar-refractivity contribution >= 4 is 28.7 Å². The molecule has 0 fully saturated rings. The quantitative estimate of drug-likeness (QED) is 0.462. The lowest BCUT2D eigenvalue weighted by atomic mass is 10.5. The molecule has 0 aliphatic carbocycles. The van der Waals surface area contributed by atoms with Crippen LogP contribution in [-0.2, 0) is 4.65 Å². The minimum Gasteiger partial charge on any atom is -0.412 e. The molecule has 0 aliphatic heterocycles. The summed E-state index contributed by atoms with van der Waals surface area (Å²) in [5.74, 6) is -0.671. The van der Waals surface area contributed by atoms with Gasteiger partial charge in [0.05, 0.1) is 0 Å². The molecule has 1 nitrogen and oxygen atoms in total. The molecule has 0 aliphatic rings. The van der Waals surface area contributed by atoms with Gasteiger partial charge in [0.2, 0.25) is 0 Å². The van der Waals surface area contributed by atoms with E-state index in [0.29, 0.717) is 0 Å². The Morgan fingerprint density at radius 2 is 1.80 bits per heavy atom. The van der Waals surface area contributed by atoms with E-state index in [1.54, 1.807) is 0 Å². The average molecular weight is 113 g/mol. The zero-order chi connectivity index (χ0) is 4.28. The summed E-state index contributed by atoms with van der Waals surface area (Å²) in [6.07, 6.45) is 0. The first-order valence-corrected chi connectivity index (χ1v) is 1.95. The van der Waals surface area contributed by atoms with Gasteiger partial charge in [-0.3, -0.25) is 0 Å². The van der Waals surface area contributed by atoms with Gasteiger partial charge in [-0.25, -0.2) is 0 Å². The standard InChI is InChI=1S/CH3BCl2O/c1-5-2(3)4/h1H3. The normalized spacial score (nSPS) is 7.80. The maximum Gasteiger partial charge on any atom is 0.508 e. The highest BCUT2D eigenvalue weighted by Crippen LogP contribution is 1.92. The molecule has 0 aromatic carbocycles. The smallest absolute Gasteiger partial charge is 0.412 e. The molecule has 0 bridgehead atoms. The van der Waals surface area contributed by atoms with Crippen LogP contribution in [0.25, 0.3) is 0 Å². The number of hydrogen-bond acceptors (Lipinski definition) is 1. The zero-order valence-electron chi connectivity index (χ0n) is 2.74. The van der Waals surface area contributed by atoms with Gasteiger partial charge in [-0.2, -0.15) is 0 Å². The van der Waals surface area contributed by atoms with Crippen LogP contribution in [0, 0.1) is 0 Å². The van der Waals surface area contributed by atoms with E-state index >= 15 is 0 Å². The van der Waals surface area contributed by atoms with Crippen molar-refractivity contribution in [3.8, 4) is 0 Å². The van der Waals surface area contributed by atoms with Gasteiger partial charge in [0.25, 0.3) is 0 Å². The Bertz CT molecular complexity index is 23.6. The van der Waals surface area contributed by atoms with E-state index in [1.807, 2.05) is 0 Å². The predicted molar refractivity (Wildman–Crippen MR) is 24.5 cm³/mol. The van der Waals surface area contributed by atoms with Gasteiger partial charge in [0.15, 0.2) is 0 Å². The maximum absolute atomic E-state index is 5.01. The van der Waals surface area contributed by atoms with Crippen molar-refractivity contribution in [1.82, 2.24) is 0 Å². The molecular formula is CH3BCl2O. The molecule has 0 unspecified atom stereocenters. The van der Waals surface area contributed by atoms with E-state index < -0.39 is 5.75 Å². The number of halogens is 2. The molecule has 0 atom stereocenters. The molecule has 0 saturated heterocycles. The van der Waals surface area contributed by atoms with Gasteiger partial charge in [-0.1, -0.05) is 0 Å². The fraction of sp³-hybridized carbons (Fsp3) is 1.00. The van der Waals surface area contributed by atoms with E-state index in [1.165, 1.54) is 7.11 Å². The highest BCUT2D eigenvalue weighted by atomic mass is 35.5. The Hall–Kier alpha value is 0.605. The number of hydrogen-bond donors (Lipinski definition) is 0. The van der Waals surface area contributed by atoms with Crippen LogP contribution in [0.1, 0.15) is 0 Å². The third kappa shape index (κ3) is 4.60. The minimum absolute atomic E-state index is 0.671. The first kappa shape index (κ1) is 5.60. The second-order valence-electron chi connectivity index (χ2n) is 0.496. The van der Waals surface area contributed by atoms with Crippen LogP contribution < -0.4 is 0 Å². The van der Waals surface area contributed by atoms with Crippen LogP contribution in [0.3, 0.4) is 0 Å². The summed E-state index contributed by atoms with van der Waals surface area (Å²) >= 11 is 10.0. The lowest BCUT2D eigenvalue weighted by molar-refractivity contribution is 0.449.